The van der Waals surface area contributed by atoms with Crippen molar-refractivity contribution in [2.75, 3.05) is 38.5 Å². The van der Waals surface area contributed by atoms with Gasteiger partial charge in [0.15, 0.2) is 6.61 Å². The Labute approximate surface area is 144 Å². The smallest absolute Gasteiger partial charge is 0.260 e. The van der Waals surface area contributed by atoms with E-state index in [1.807, 2.05) is 38.1 Å². The van der Waals surface area contributed by atoms with Crippen LogP contribution in [0.3, 0.4) is 0 Å². The number of nitrogens with zero attached hydrogens (tertiary/aromatic N) is 2. The van der Waals surface area contributed by atoms with Gasteiger partial charge in [-0.3, -0.25) is 4.79 Å². The van der Waals surface area contributed by atoms with E-state index >= 15 is 0 Å². The van der Waals surface area contributed by atoms with Gasteiger partial charge in [0.25, 0.3) is 5.91 Å². The van der Waals surface area contributed by atoms with Gasteiger partial charge in [-0.15, -0.1) is 0 Å². The van der Waals surface area contributed by atoms with Crippen molar-refractivity contribution in [3.05, 3.63) is 29.8 Å². The van der Waals surface area contributed by atoms with Gasteiger partial charge >= 0.3 is 0 Å². The van der Waals surface area contributed by atoms with Gasteiger partial charge in [-0.25, -0.2) is 12.7 Å². The highest BCUT2D eigenvalue weighted by molar-refractivity contribution is 7.89. The molecule has 0 N–H and O–H groups in total. The summed E-state index contributed by atoms with van der Waals surface area (Å²) in [6.45, 7) is 5.64. The van der Waals surface area contributed by atoms with E-state index in [1.54, 1.807) is 4.90 Å². The van der Waals surface area contributed by atoms with E-state index in [-0.39, 0.29) is 18.3 Å². The SMILES string of the molecule is CCCS(=O)(=O)N1CCCN(C(=O)COc2ccc(C)cc2)CC1. The standard InChI is InChI=1S/C17H26N2O4S/c1-3-13-24(21,22)19-10-4-9-18(11-12-19)17(20)14-23-16-7-5-15(2)6-8-16/h5-8H,3-4,9-14H2,1-2H3. The molecule has 1 aromatic carbocycles. The number of benzene rings is 1. The first-order valence-corrected chi connectivity index (χ1v) is 9.98. The second-order valence-corrected chi connectivity index (χ2v) is 8.14. The van der Waals surface area contributed by atoms with Crippen LogP contribution >= 0.6 is 0 Å². The zero-order valence-electron chi connectivity index (χ0n) is 14.4. The van der Waals surface area contributed by atoms with Crippen molar-refractivity contribution in [3.8, 4) is 5.75 Å². The molecule has 7 heteroatoms. The fourth-order valence-electron chi connectivity index (χ4n) is 2.68. The molecule has 1 aliphatic heterocycles. The summed E-state index contributed by atoms with van der Waals surface area (Å²) in [4.78, 5) is 14.0. The van der Waals surface area contributed by atoms with Gasteiger partial charge in [0.1, 0.15) is 5.75 Å². The highest BCUT2D eigenvalue weighted by Crippen LogP contribution is 2.13. The second-order valence-electron chi connectivity index (χ2n) is 6.05. The van der Waals surface area contributed by atoms with Gasteiger partial charge in [0.2, 0.25) is 10.0 Å². The van der Waals surface area contributed by atoms with E-state index in [1.165, 1.54) is 4.31 Å². The number of amides is 1. The first-order valence-electron chi connectivity index (χ1n) is 8.37. The van der Waals surface area contributed by atoms with Crippen molar-refractivity contribution in [1.82, 2.24) is 9.21 Å². The van der Waals surface area contributed by atoms with Crippen LogP contribution in [0.5, 0.6) is 5.75 Å². The molecule has 1 amide bonds. The summed E-state index contributed by atoms with van der Waals surface area (Å²) >= 11 is 0. The Bertz CT molecular complexity index is 643. The molecular weight excluding hydrogens is 328 g/mol. The molecular formula is C17H26N2O4S. The minimum Gasteiger partial charge on any atom is -0.484 e. The molecule has 0 aromatic heterocycles. The molecule has 0 unspecified atom stereocenters. The third-order valence-electron chi connectivity index (χ3n) is 4.05. The van der Waals surface area contributed by atoms with Gasteiger partial charge in [0, 0.05) is 26.2 Å². The van der Waals surface area contributed by atoms with E-state index in [2.05, 4.69) is 0 Å². The maximum absolute atomic E-state index is 12.3. The highest BCUT2D eigenvalue weighted by atomic mass is 32.2. The summed E-state index contributed by atoms with van der Waals surface area (Å²) in [7, 11) is -3.20. The van der Waals surface area contributed by atoms with Crippen molar-refractivity contribution in [2.24, 2.45) is 0 Å². The van der Waals surface area contributed by atoms with E-state index in [4.69, 9.17) is 4.74 Å². The number of hydrogen-bond acceptors (Lipinski definition) is 4. The third kappa shape index (κ3) is 5.21. The van der Waals surface area contributed by atoms with Crippen LogP contribution in [0.25, 0.3) is 0 Å². The zero-order valence-corrected chi connectivity index (χ0v) is 15.2. The molecule has 1 aliphatic rings. The molecule has 1 fully saturated rings. The predicted molar refractivity (Wildman–Crippen MR) is 93.5 cm³/mol. The molecule has 0 atom stereocenters. The van der Waals surface area contributed by atoms with E-state index in [0.29, 0.717) is 44.8 Å². The summed E-state index contributed by atoms with van der Waals surface area (Å²) in [5, 5.41) is 0. The summed E-state index contributed by atoms with van der Waals surface area (Å²) in [5.74, 6) is 0.721. The number of carbonyl (C=O) groups is 1. The lowest BCUT2D eigenvalue weighted by Crippen LogP contribution is -2.39. The molecule has 2 rings (SSSR count). The quantitative estimate of drug-likeness (QED) is 0.779. The van der Waals surface area contributed by atoms with Crippen LogP contribution in [-0.4, -0.2) is 62.1 Å². The molecule has 0 saturated carbocycles. The Hall–Kier alpha value is -1.60. The van der Waals surface area contributed by atoms with Crippen molar-refractivity contribution < 1.29 is 17.9 Å². The fraction of sp³-hybridized carbons (Fsp3) is 0.588. The second kappa shape index (κ2) is 8.48. The third-order valence-corrected chi connectivity index (χ3v) is 6.12. The maximum Gasteiger partial charge on any atom is 0.260 e. The lowest BCUT2D eigenvalue weighted by atomic mass is 10.2. The minimum atomic E-state index is -3.20. The lowest BCUT2D eigenvalue weighted by molar-refractivity contribution is -0.133. The Kier molecular flexibility index (Phi) is 6.62. The average molecular weight is 354 g/mol. The van der Waals surface area contributed by atoms with Crippen molar-refractivity contribution in [2.45, 2.75) is 26.7 Å². The first-order chi connectivity index (χ1) is 11.4. The number of ether oxygens (including phenoxy) is 1. The predicted octanol–water partition coefficient (Wildman–Crippen LogP) is 1.65. The number of rotatable bonds is 6. The Balaban J connectivity index is 1.86. The summed E-state index contributed by atoms with van der Waals surface area (Å²) < 4.78 is 31.3. The van der Waals surface area contributed by atoms with Gasteiger partial charge in [-0.05, 0) is 31.9 Å². The normalized spacial score (nSPS) is 16.7. The molecule has 0 radical (unpaired) electrons. The minimum absolute atomic E-state index is 0.0230. The number of hydrogen-bond donors (Lipinski definition) is 0. The summed E-state index contributed by atoms with van der Waals surface area (Å²) in [5.41, 5.74) is 1.13. The van der Waals surface area contributed by atoms with Crippen molar-refractivity contribution in [1.29, 1.82) is 0 Å². The van der Waals surface area contributed by atoms with Crippen LogP contribution in [0.4, 0.5) is 0 Å². The number of aryl methyl sites for hydroxylation is 1. The fourth-order valence-corrected chi connectivity index (χ4v) is 4.22. The van der Waals surface area contributed by atoms with Gasteiger partial charge < -0.3 is 9.64 Å². The summed E-state index contributed by atoms with van der Waals surface area (Å²) in [6, 6.07) is 7.54. The molecule has 0 bridgehead atoms. The van der Waals surface area contributed by atoms with Crippen molar-refractivity contribution in [3.63, 3.8) is 0 Å². The van der Waals surface area contributed by atoms with Crippen LogP contribution in [0, 0.1) is 6.92 Å². The molecule has 1 aromatic rings. The van der Waals surface area contributed by atoms with Gasteiger partial charge in [-0.1, -0.05) is 24.6 Å². The molecule has 1 heterocycles. The molecule has 6 nitrogen and oxygen atoms in total. The average Bonchev–Trinajstić information content (AvgIpc) is 2.80. The number of carbonyl (C=O) groups excluding carboxylic acids is 1. The molecule has 0 aliphatic carbocycles. The first kappa shape index (κ1) is 18.7. The Morgan fingerprint density at radius 2 is 1.83 bits per heavy atom. The topological polar surface area (TPSA) is 66.9 Å². The van der Waals surface area contributed by atoms with Crippen LogP contribution in [0.15, 0.2) is 24.3 Å². The monoisotopic (exact) mass is 354 g/mol. The number of sulfonamides is 1. The van der Waals surface area contributed by atoms with Crippen LogP contribution in [0.2, 0.25) is 0 Å². The van der Waals surface area contributed by atoms with Crippen LogP contribution in [0.1, 0.15) is 25.3 Å². The highest BCUT2D eigenvalue weighted by Gasteiger charge is 2.26. The van der Waals surface area contributed by atoms with Crippen LogP contribution < -0.4 is 4.74 Å². The van der Waals surface area contributed by atoms with E-state index in [0.717, 1.165) is 5.56 Å². The van der Waals surface area contributed by atoms with Crippen LogP contribution in [-0.2, 0) is 14.8 Å². The Morgan fingerprint density at radius 3 is 2.50 bits per heavy atom. The molecule has 134 valence electrons. The van der Waals surface area contributed by atoms with Crippen molar-refractivity contribution >= 4 is 15.9 Å². The van der Waals surface area contributed by atoms with E-state index < -0.39 is 10.0 Å². The largest absolute Gasteiger partial charge is 0.484 e. The van der Waals surface area contributed by atoms with Gasteiger partial charge in [0.05, 0.1) is 5.75 Å². The van der Waals surface area contributed by atoms with E-state index in [9.17, 15) is 13.2 Å². The molecule has 1 saturated heterocycles. The lowest BCUT2D eigenvalue weighted by Gasteiger charge is -2.22. The molecule has 0 spiro atoms. The maximum atomic E-state index is 12.3. The molecule has 24 heavy (non-hydrogen) atoms. The zero-order chi connectivity index (χ0) is 17.6. The summed E-state index contributed by atoms with van der Waals surface area (Å²) in [6.07, 6.45) is 1.26. The van der Waals surface area contributed by atoms with Gasteiger partial charge in [-0.2, -0.15) is 0 Å². The Morgan fingerprint density at radius 1 is 1.12 bits per heavy atom.